The van der Waals surface area contributed by atoms with Crippen molar-refractivity contribution in [3.8, 4) is 5.75 Å². The number of aryl methyl sites for hydroxylation is 1. The Kier molecular flexibility index (Phi) is 5.49. The number of halogens is 2. The average molecular weight is 281 g/mol. The van der Waals surface area contributed by atoms with Crippen LogP contribution in [-0.4, -0.2) is 5.11 Å². The van der Waals surface area contributed by atoms with E-state index in [-0.39, 0.29) is 18.4 Å². The van der Waals surface area contributed by atoms with Gasteiger partial charge in [-0.25, -0.2) is 0 Å². The Morgan fingerprint density at radius 1 is 1.50 bits per heavy atom. The van der Waals surface area contributed by atoms with E-state index in [0.29, 0.717) is 5.75 Å². The monoisotopic (exact) mass is 279 g/mol. The summed E-state index contributed by atoms with van der Waals surface area (Å²) in [6.45, 7) is 3.87. The van der Waals surface area contributed by atoms with E-state index in [2.05, 4.69) is 15.9 Å². The molecule has 0 aliphatic heterocycles. The second-order valence-corrected chi connectivity index (χ2v) is 4.09. The number of hydrogen-bond acceptors (Lipinski definition) is 2. The van der Waals surface area contributed by atoms with Gasteiger partial charge in [-0.2, -0.15) is 0 Å². The molecule has 0 bridgehead atoms. The maximum atomic E-state index is 9.72. The smallest absolute Gasteiger partial charge is 0.123 e. The third-order valence-corrected chi connectivity index (χ3v) is 2.59. The SMILES string of the molecule is CC[C@@H](N)c1cc(Br)cc(C)c1O.Cl. The molecule has 0 saturated heterocycles. The van der Waals surface area contributed by atoms with E-state index in [1.54, 1.807) is 0 Å². The van der Waals surface area contributed by atoms with Crippen molar-refractivity contribution in [1.82, 2.24) is 0 Å². The van der Waals surface area contributed by atoms with E-state index in [9.17, 15) is 5.11 Å². The molecule has 0 radical (unpaired) electrons. The summed E-state index contributed by atoms with van der Waals surface area (Å²) >= 11 is 3.38. The highest BCUT2D eigenvalue weighted by Gasteiger charge is 2.11. The molecule has 80 valence electrons. The minimum atomic E-state index is -0.0869. The molecule has 0 aliphatic rings. The van der Waals surface area contributed by atoms with Crippen LogP contribution in [0.1, 0.15) is 30.5 Å². The zero-order valence-electron chi connectivity index (χ0n) is 8.25. The van der Waals surface area contributed by atoms with Crippen molar-refractivity contribution in [2.75, 3.05) is 0 Å². The first kappa shape index (κ1) is 13.8. The normalized spacial score (nSPS) is 12.0. The Hall–Kier alpha value is -0.250. The van der Waals surface area contributed by atoms with Crippen LogP contribution in [0, 0.1) is 6.92 Å². The molecule has 4 heteroatoms. The molecule has 1 aromatic carbocycles. The van der Waals surface area contributed by atoms with Crippen LogP contribution in [-0.2, 0) is 0 Å². The lowest BCUT2D eigenvalue weighted by Crippen LogP contribution is -2.09. The zero-order chi connectivity index (χ0) is 10.0. The molecule has 14 heavy (non-hydrogen) atoms. The maximum absolute atomic E-state index is 9.72. The molecule has 0 fully saturated rings. The summed E-state index contributed by atoms with van der Waals surface area (Å²) in [6, 6.07) is 3.66. The first-order valence-corrected chi connectivity index (χ1v) is 5.10. The van der Waals surface area contributed by atoms with Crippen LogP contribution in [0.2, 0.25) is 0 Å². The second-order valence-electron chi connectivity index (χ2n) is 3.18. The number of phenolic OH excluding ortho intramolecular Hbond substituents is 1. The highest BCUT2D eigenvalue weighted by Crippen LogP contribution is 2.31. The molecule has 0 aromatic heterocycles. The van der Waals surface area contributed by atoms with Gasteiger partial charge in [0.15, 0.2) is 0 Å². The summed E-state index contributed by atoms with van der Waals surface area (Å²) in [5.41, 5.74) is 7.52. The fourth-order valence-electron chi connectivity index (χ4n) is 1.26. The van der Waals surface area contributed by atoms with Crippen molar-refractivity contribution in [2.45, 2.75) is 26.3 Å². The van der Waals surface area contributed by atoms with E-state index in [1.807, 2.05) is 26.0 Å². The number of phenols is 1. The minimum Gasteiger partial charge on any atom is -0.507 e. The lowest BCUT2D eigenvalue weighted by atomic mass is 10.0. The number of aromatic hydroxyl groups is 1. The largest absolute Gasteiger partial charge is 0.507 e. The van der Waals surface area contributed by atoms with Crippen LogP contribution < -0.4 is 5.73 Å². The van der Waals surface area contributed by atoms with Gasteiger partial charge in [-0.1, -0.05) is 22.9 Å². The molecule has 0 spiro atoms. The predicted molar refractivity (Wildman–Crippen MR) is 65.0 cm³/mol. The Morgan fingerprint density at radius 3 is 2.57 bits per heavy atom. The summed E-state index contributed by atoms with van der Waals surface area (Å²) < 4.78 is 0.960. The summed E-state index contributed by atoms with van der Waals surface area (Å²) in [6.07, 6.45) is 0.823. The Labute approximate surface area is 99.0 Å². The van der Waals surface area contributed by atoms with Crippen LogP contribution in [0.4, 0.5) is 0 Å². The van der Waals surface area contributed by atoms with Gasteiger partial charge in [0.25, 0.3) is 0 Å². The van der Waals surface area contributed by atoms with Crippen LogP contribution in [0.3, 0.4) is 0 Å². The van der Waals surface area contributed by atoms with Crippen molar-refractivity contribution < 1.29 is 5.11 Å². The van der Waals surface area contributed by atoms with E-state index >= 15 is 0 Å². The number of benzene rings is 1. The minimum absolute atomic E-state index is 0. The number of nitrogens with two attached hydrogens (primary N) is 1. The van der Waals surface area contributed by atoms with Gasteiger partial charge in [-0.05, 0) is 31.0 Å². The third-order valence-electron chi connectivity index (χ3n) is 2.13. The zero-order valence-corrected chi connectivity index (χ0v) is 10.7. The highest BCUT2D eigenvalue weighted by molar-refractivity contribution is 9.10. The van der Waals surface area contributed by atoms with Crippen molar-refractivity contribution in [2.24, 2.45) is 5.73 Å². The number of hydrogen-bond donors (Lipinski definition) is 2. The highest BCUT2D eigenvalue weighted by atomic mass is 79.9. The van der Waals surface area contributed by atoms with E-state index < -0.39 is 0 Å². The third kappa shape index (κ3) is 2.87. The molecule has 1 rings (SSSR count). The summed E-state index contributed by atoms with van der Waals surface area (Å²) in [5, 5.41) is 9.72. The number of rotatable bonds is 2. The Bertz CT molecular complexity index is 317. The molecule has 0 aliphatic carbocycles. The van der Waals surface area contributed by atoms with E-state index in [1.165, 1.54) is 0 Å². The molecule has 1 atom stereocenters. The molecule has 0 saturated carbocycles. The fraction of sp³-hybridized carbons (Fsp3) is 0.400. The summed E-state index contributed by atoms with van der Waals surface area (Å²) in [7, 11) is 0. The van der Waals surface area contributed by atoms with Crippen molar-refractivity contribution in [1.29, 1.82) is 0 Å². The molecular weight excluding hydrogens is 265 g/mol. The van der Waals surface area contributed by atoms with E-state index in [4.69, 9.17) is 5.73 Å². The average Bonchev–Trinajstić information content (AvgIpc) is 2.10. The first-order valence-electron chi connectivity index (χ1n) is 4.30. The van der Waals surface area contributed by atoms with Gasteiger partial charge < -0.3 is 10.8 Å². The van der Waals surface area contributed by atoms with Crippen LogP contribution in [0.25, 0.3) is 0 Å². The topological polar surface area (TPSA) is 46.2 Å². The molecule has 2 nitrogen and oxygen atoms in total. The van der Waals surface area contributed by atoms with Gasteiger partial charge in [-0.3, -0.25) is 0 Å². The molecule has 0 heterocycles. The predicted octanol–water partition coefficient (Wildman–Crippen LogP) is 3.29. The molecule has 0 unspecified atom stereocenters. The van der Waals surface area contributed by atoms with Gasteiger partial charge in [0.2, 0.25) is 0 Å². The Balaban J connectivity index is 0.00000169. The molecule has 1 aromatic rings. The van der Waals surface area contributed by atoms with Gasteiger partial charge in [0.1, 0.15) is 5.75 Å². The molecule has 3 N–H and O–H groups in total. The molecular formula is C10H15BrClNO. The second kappa shape index (κ2) is 5.59. The van der Waals surface area contributed by atoms with Crippen LogP contribution in [0.15, 0.2) is 16.6 Å². The lowest BCUT2D eigenvalue weighted by Gasteiger charge is -2.13. The molecule has 0 amide bonds. The lowest BCUT2D eigenvalue weighted by molar-refractivity contribution is 0.456. The van der Waals surface area contributed by atoms with Crippen LogP contribution >= 0.6 is 28.3 Å². The van der Waals surface area contributed by atoms with Gasteiger partial charge in [0, 0.05) is 16.1 Å². The summed E-state index contributed by atoms with van der Waals surface area (Å²) in [5.74, 6) is 0.317. The standard InChI is InChI=1S/C10H14BrNO.ClH/c1-3-9(12)8-5-7(11)4-6(2)10(8)13;/h4-5,9,13H,3,12H2,1-2H3;1H/t9-;/m1./s1. The van der Waals surface area contributed by atoms with Gasteiger partial charge >= 0.3 is 0 Å². The van der Waals surface area contributed by atoms with Crippen LogP contribution in [0.5, 0.6) is 5.75 Å². The van der Waals surface area contributed by atoms with E-state index in [0.717, 1.165) is 22.0 Å². The van der Waals surface area contributed by atoms with Crippen molar-refractivity contribution >= 4 is 28.3 Å². The Morgan fingerprint density at radius 2 is 2.07 bits per heavy atom. The summed E-state index contributed by atoms with van der Waals surface area (Å²) in [4.78, 5) is 0. The van der Waals surface area contributed by atoms with Crippen molar-refractivity contribution in [3.05, 3.63) is 27.7 Å². The van der Waals surface area contributed by atoms with Gasteiger partial charge in [0.05, 0.1) is 0 Å². The fourth-order valence-corrected chi connectivity index (χ4v) is 1.85. The maximum Gasteiger partial charge on any atom is 0.123 e. The van der Waals surface area contributed by atoms with Gasteiger partial charge in [-0.15, -0.1) is 12.4 Å². The quantitative estimate of drug-likeness (QED) is 0.873. The first-order chi connectivity index (χ1) is 6.06. The van der Waals surface area contributed by atoms with Crippen molar-refractivity contribution in [3.63, 3.8) is 0 Å².